The van der Waals surface area contributed by atoms with E-state index in [9.17, 15) is 29.1 Å². The summed E-state index contributed by atoms with van der Waals surface area (Å²) in [5.74, 6) is -3.60. The molecular formula is C33H47NO13. The lowest BCUT2D eigenvalue weighted by atomic mass is 9.72. The Morgan fingerprint density at radius 2 is 1.43 bits per heavy atom. The van der Waals surface area contributed by atoms with E-state index in [1.807, 2.05) is 0 Å². The summed E-state index contributed by atoms with van der Waals surface area (Å²) in [6, 6.07) is 6.68. The molecule has 1 N–H and O–H groups in total. The number of benzene rings is 1. The number of hydrogen-bond acceptors (Lipinski definition) is 13. The van der Waals surface area contributed by atoms with Gasteiger partial charge in [0.2, 0.25) is 12.4 Å². The predicted octanol–water partition coefficient (Wildman–Crippen LogP) is 3.40. The normalized spacial score (nSPS) is 24.6. The van der Waals surface area contributed by atoms with E-state index < -0.39 is 77.8 Å². The standard InChI is InChI=1S/C33H47NO13/c1-19(35)42-25-26(43-20(2)36)28(44-21(3)37)30(46-27(25)29(38)41-8)45-23-14-12-22(13-15-23)24(33(40)16-10-9-11-17-33)18-34(7)31(39)47-32(4,5)6/h12-15,24-28,30,40H,9-11,16-18H2,1-8H3/t24-,25-,26-,27-,28+,30+/m0/s1. The lowest BCUT2D eigenvalue weighted by Crippen LogP contribution is -2.64. The molecule has 2 aliphatic rings. The van der Waals surface area contributed by atoms with Gasteiger partial charge in [0, 0.05) is 40.3 Å². The van der Waals surface area contributed by atoms with Gasteiger partial charge < -0.3 is 43.2 Å². The number of hydrogen-bond donors (Lipinski definition) is 1. The summed E-state index contributed by atoms with van der Waals surface area (Å²) in [7, 11) is 2.72. The molecule has 1 saturated heterocycles. The third kappa shape index (κ3) is 10.3. The van der Waals surface area contributed by atoms with Gasteiger partial charge in [0.1, 0.15) is 11.4 Å². The van der Waals surface area contributed by atoms with E-state index in [0.29, 0.717) is 12.8 Å². The molecule has 0 radical (unpaired) electrons. The summed E-state index contributed by atoms with van der Waals surface area (Å²) in [5, 5.41) is 11.8. The third-order valence-electron chi connectivity index (χ3n) is 7.90. The van der Waals surface area contributed by atoms with Crippen molar-refractivity contribution in [1.29, 1.82) is 0 Å². The van der Waals surface area contributed by atoms with Crippen LogP contribution in [-0.4, -0.2) is 103 Å². The Kier molecular flexibility index (Phi) is 12.6. The average Bonchev–Trinajstić information content (AvgIpc) is 2.97. The SMILES string of the molecule is COC(=O)[C@H]1O[C@@H](Oc2ccc([C@H](CN(C)C(=O)OC(C)(C)C)C3(O)CCCCC3)cc2)[C@H](OC(C)=O)[C@@H](OC(C)=O)[C@@H]1OC(C)=O. The Morgan fingerprint density at radius 3 is 1.94 bits per heavy atom. The molecule has 0 spiro atoms. The minimum Gasteiger partial charge on any atom is -0.467 e. The predicted molar refractivity (Wildman–Crippen MR) is 164 cm³/mol. The first-order valence-electron chi connectivity index (χ1n) is 15.6. The first kappa shape index (κ1) is 37.5. The van der Waals surface area contributed by atoms with Crippen molar-refractivity contribution in [2.45, 2.75) is 121 Å². The summed E-state index contributed by atoms with van der Waals surface area (Å²) >= 11 is 0. The van der Waals surface area contributed by atoms with Crippen LogP contribution in [-0.2, 0) is 47.6 Å². The third-order valence-corrected chi connectivity index (χ3v) is 7.90. The molecule has 14 heteroatoms. The molecule has 262 valence electrons. The van der Waals surface area contributed by atoms with Gasteiger partial charge >= 0.3 is 30.0 Å². The Bertz CT molecular complexity index is 1270. The first-order valence-corrected chi connectivity index (χ1v) is 15.6. The minimum absolute atomic E-state index is 0.189. The van der Waals surface area contributed by atoms with E-state index >= 15 is 0 Å². The van der Waals surface area contributed by atoms with Gasteiger partial charge in [-0.1, -0.05) is 31.4 Å². The molecule has 1 heterocycles. The second kappa shape index (κ2) is 15.8. The van der Waals surface area contributed by atoms with Crippen LogP contribution in [0.25, 0.3) is 0 Å². The smallest absolute Gasteiger partial charge is 0.410 e. The Balaban J connectivity index is 1.95. The summed E-state index contributed by atoms with van der Waals surface area (Å²) in [6.07, 6.45) is -4.26. The Morgan fingerprint density at radius 1 is 0.894 bits per heavy atom. The molecule has 3 rings (SSSR count). The highest BCUT2D eigenvalue weighted by atomic mass is 16.7. The number of methoxy groups -OCH3 is 1. The van der Waals surface area contributed by atoms with Gasteiger partial charge in [0.25, 0.3) is 0 Å². The van der Waals surface area contributed by atoms with E-state index in [4.69, 9.17) is 33.2 Å². The molecule has 14 nitrogen and oxygen atoms in total. The summed E-state index contributed by atoms with van der Waals surface area (Å²) in [5.41, 5.74) is -1.02. The van der Waals surface area contributed by atoms with E-state index in [0.717, 1.165) is 52.7 Å². The van der Waals surface area contributed by atoms with Gasteiger partial charge in [-0.3, -0.25) is 14.4 Å². The maximum absolute atomic E-state index is 12.8. The fourth-order valence-corrected chi connectivity index (χ4v) is 5.87. The maximum atomic E-state index is 12.8. The van der Waals surface area contributed by atoms with E-state index in [-0.39, 0.29) is 12.3 Å². The molecule has 1 amide bonds. The van der Waals surface area contributed by atoms with Crippen LogP contribution < -0.4 is 4.74 Å². The zero-order valence-electron chi connectivity index (χ0n) is 28.3. The van der Waals surface area contributed by atoms with Crippen LogP contribution >= 0.6 is 0 Å². The largest absolute Gasteiger partial charge is 0.467 e. The molecule has 0 aromatic heterocycles. The second-order valence-corrected chi connectivity index (χ2v) is 12.9. The molecule has 47 heavy (non-hydrogen) atoms. The number of likely N-dealkylation sites (N-methyl/N-ethyl adjacent to an activating group) is 1. The van der Waals surface area contributed by atoms with Gasteiger partial charge in [0.15, 0.2) is 18.3 Å². The number of rotatable bonds is 10. The summed E-state index contributed by atoms with van der Waals surface area (Å²) in [6.45, 7) is 8.84. The van der Waals surface area contributed by atoms with Gasteiger partial charge in [-0.05, 0) is 51.3 Å². The zero-order chi connectivity index (χ0) is 35.1. The Hall–Kier alpha value is -3.91. The van der Waals surface area contributed by atoms with Crippen molar-refractivity contribution in [2.75, 3.05) is 20.7 Å². The number of esters is 4. The fourth-order valence-electron chi connectivity index (χ4n) is 5.87. The van der Waals surface area contributed by atoms with Crippen LogP contribution in [0.1, 0.15) is 85.1 Å². The molecule has 0 bridgehead atoms. The van der Waals surface area contributed by atoms with Crippen molar-refractivity contribution in [3.05, 3.63) is 29.8 Å². The number of aliphatic hydroxyl groups is 1. The zero-order valence-corrected chi connectivity index (χ0v) is 28.3. The van der Waals surface area contributed by atoms with Gasteiger partial charge in [-0.2, -0.15) is 0 Å². The van der Waals surface area contributed by atoms with E-state index in [1.165, 1.54) is 4.90 Å². The molecular weight excluding hydrogens is 618 g/mol. The number of carbonyl (C=O) groups is 5. The highest BCUT2D eigenvalue weighted by molar-refractivity contribution is 5.77. The summed E-state index contributed by atoms with van der Waals surface area (Å²) in [4.78, 5) is 63.1. The second-order valence-electron chi connectivity index (χ2n) is 12.9. The highest BCUT2D eigenvalue weighted by Gasteiger charge is 2.56. The minimum atomic E-state index is -1.60. The fraction of sp³-hybridized carbons (Fsp3) is 0.667. The maximum Gasteiger partial charge on any atom is 0.410 e. The van der Waals surface area contributed by atoms with E-state index in [1.54, 1.807) is 52.1 Å². The average molecular weight is 666 g/mol. The van der Waals surface area contributed by atoms with Crippen molar-refractivity contribution in [2.24, 2.45) is 0 Å². The number of ether oxygens (including phenoxy) is 7. The molecule has 0 unspecified atom stereocenters. The molecule has 1 saturated carbocycles. The Labute approximate surface area is 274 Å². The lowest BCUT2D eigenvalue weighted by Gasteiger charge is -2.43. The molecule has 1 aliphatic heterocycles. The van der Waals surface area contributed by atoms with Crippen LogP contribution in [0.15, 0.2) is 24.3 Å². The van der Waals surface area contributed by atoms with Crippen LogP contribution in [0.5, 0.6) is 5.75 Å². The summed E-state index contributed by atoms with van der Waals surface area (Å²) < 4.78 is 38.4. The van der Waals surface area contributed by atoms with Crippen molar-refractivity contribution >= 4 is 30.0 Å². The van der Waals surface area contributed by atoms with Crippen LogP contribution in [0.4, 0.5) is 4.79 Å². The first-order chi connectivity index (χ1) is 21.9. The van der Waals surface area contributed by atoms with Gasteiger partial charge in [0.05, 0.1) is 12.7 Å². The quantitative estimate of drug-likeness (QED) is 0.285. The highest BCUT2D eigenvalue weighted by Crippen LogP contribution is 2.41. The van der Waals surface area contributed by atoms with Crippen LogP contribution in [0, 0.1) is 0 Å². The molecule has 1 aliphatic carbocycles. The van der Waals surface area contributed by atoms with Crippen molar-refractivity contribution < 1.29 is 62.2 Å². The van der Waals surface area contributed by atoms with Gasteiger partial charge in [-0.15, -0.1) is 0 Å². The van der Waals surface area contributed by atoms with Gasteiger partial charge in [-0.25, -0.2) is 9.59 Å². The number of carbonyl (C=O) groups excluding carboxylic acids is 5. The molecule has 1 aromatic carbocycles. The van der Waals surface area contributed by atoms with E-state index in [2.05, 4.69) is 0 Å². The molecule has 2 fully saturated rings. The lowest BCUT2D eigenvalue weighted by molar-refractivity contribution is -0.282. The van der Waals surface area contributed by atoms with Crippen molar-refractivity contribution in [3.63, 3.8) is 0 Å². The molecule has 1 aromatic rings. The van der Waals surface area contributed by atoms with Crippen molar-refractivity contribution in [1.82, 2.24) is 4.90 Å². The topological polar surface area (TPSA) is 173 Å². The van der Waals surface area contributed by atoms with Crippen molar-refractivity contribution in [3.8, 4) is 5.75 Å². The number of nitrogens with zero attached hydrogens (tertiary/aromatic N) is 1. The van der Waals surface area contributed by atoms with Crippen LogP contribution in [0.3, 0.4) is 0 Å². The monoisotopic (exact) mass is 665 g/mol. The molecule has 6 atom stereocenters. The van der Waals surface area contributed by atoms with Crippen LogP contribution in [0.2, 0.25) is 0 Å². The number of amides is 1.